The number of H-pyrrole nitrogens is 1. The molecule has 3 N–H and O–H groups in total. The minimum absolute atomic E-state index is 0.128. The van der Waals surface area contributed by atoms with Crippen LogP contribution >= 0.6 is 0 Å². The predicted molar refractivity (Wildman–Crippen MR) is 72.5 cm³/mol. The molecule has 110 valence electrons. The molecule has 1 aromatic heterocycles. The molecule has 0 saturated heterocycles. The lowest BCUT2D eigenvalue weighted by atomic mass is 10.2. The van der Waals surface area contributed by atoms with Crippen LogP contribution in [0.25, 0.3) is 6.08 Å². The third-order valence-electron chi connectivity index (χ3n) is 2.44. The summed E-state index contributed by atoms with van der Waals surface area (Å²) in [5.74, 6) is -1.99. The Labute approximate surface area is 119 Å². The number of benzene rings is 1. The molecule has 0 aliphatic heterocycles. The van der Waals surface area contributed by atoms with E-state index in [-0.39, 0.29) is 10.6 Å². The van der Waals surface area contributed by atoms with Gasteiger partial charge in [-0.2, -0.15) is 5.10 Å². The highest BCUT2D eigenvalue weighted by Crippen LogP contribution is 2.20. The number of anilines is 1. The molecule has 9 heteroatoms. The van der Waals surface area contributed by atoms with Crippen LogP contribution in [0.1, 0.15) is 5.56 Å². The number of nitrogens with zero attached hydrogens (tertiary/aromatic N) is 1. The summed E-state index contributed by atoms with van der Waals surface area (Å²) in [5.41, 5.74) is 0.0461. The second kappa shape index (κ2) is 5.75. The molecule has 0 aliphatic carbocycles. The van der Waals surface area contributed by atoms with E-state index in [2.05, 4.69) is 14.9 Å². The Hall–Kier alpha value is -2.68. The largest absolute Gasteiger partial charge is 0.478 e. The molecular weight excluding hydrogens is 301 g/mol. The molecule has 1 aromatic carbocycles. The number of halogens is 1. The molecule has 0 aliphatic rings. The quantitative estimate of drug-likeness (QED) is 0.723. The summed E-state index contributed by atoms with van der Waals surface area (Å²) in [6.45, 7) is 0. The highest BCUT2D eigenvalue weighted by molar-refractivity contribution is 7.92. The van der Waals surface area contributed by atoms with E-state index in [4.69, 9.17) is 5.11 Å². The van der Waals surface area contributed by atoms with Crippen molar-refractivity contribution in [3.05, 3.63) is 48.0 Å². The molecule has 2 rings (SSSR count). The van der Waals surface area contributed by atoms with Gasteiger partial charge in [0.25, 0.3) is 10.0 Å². The first-order chi connectivity index (χ1) is 9.88. The summed E-state index contributed by atoms with van der Waals surface area (Å²) < 4.78 is 39.7. The molecule has 0 atom stereocenters. The minimum atomic E-state index is -3.93. The number of aromatic amines is 1. The molecule has 0 amide bonds. The number of hydrogen-bond acceptors (Lipinski definition) is 4. The molecule has 0 radical (unpaired) electrons. The first kappa shape index (κ1) is 14.7. The van der Waals surface area contributed by atoms with Gasteiger partial charge in [0.05, 0.1) is 11.9 Å². The maximum atomic E-state index is 13.8. The second-order valence-electron chi connectivity index (χ2n) is 3.95. The number of rotatable bonds is 5. The minimum Gasteiger partial charge on any atom is -0.478 e. The summed E-state index contributed by atoms with van der Waals surface area (Å²) in [4.78, 5) is 10.2. The summed E-state index contributed by atoms with van der Waals surface area (Å²) in [6.07, 6.45) is 4.29. The molecule has 0 unspecified atom stereocenters. The van der Waals surface area contributed by atoms with E-state index >= 15 is 0 Å². The fourth-order valence-corrected chi connectivity index (χ4v) is 2.45. The summed E-state index contributed by atoms with van der Waals surface area (Å²) >= 11 is 0. The zero-order valence-corrected chi connectivity index (χ0v) is 11.3. The number of aromatic nitrogens is 2. The van der Waals surface area contributed by atoms with Crippen LogP contribution in [0.4, 0.5) is 10.1 Å². The van der Waals surface area contributed by atoms with Crippen molar-refractivity contribution in [2.75, 3.05) is 4.72 Å². The monoisotopic (exact) mass is 311 g/mol. The van der Waals surface area contributed by atoms with Crippen molar-refractivity contribution < 1.29 is 22.7 Å². The summed E-state index contributed by atoms with van der Waals surface area (Å²) in [5, 5.41) is 14.3. The lowest BCUT2D eigenvalue weighted by Crippen LogP contribution is -2.13. The number of carboxylic acids is 1. The number of aliphatic carboxylic acids is 1. The van der Waals surface area contributed by atoms with E-state index < -0.39 is 21.8 Å². The zero-order valence-electron chi connectivity index (χ0n) is 10.4. The standard InChI is InChI=1S/C12H10FN3O4S/c13-10-5-8(2-4-12(17)18)1-3-11(10)16-21(19,20)9-6-14-15-7-9/h1-7,16H,(H,14,15)(H,17,18). The van der Waals surface area contributed by atoms with Crippen LogP contribution < -0.4 is 4.72 Å². The van der Waals surface area contributed by atoms with Crippen molar-refractivity contribution in [2.45, 2.75) is 4.90 Å². The predicted octanol–water partition coefficient (Wildman–Crippen LogP) is 1.45. The first-order valence-corrected chi connectivity index (χ1v) is 7.09. The van der Waals surface area contributed by atoms with Crippen LogP contribution in [-0.2, 0) is 14.8 Å². The van der Waals surface area contributed by atoms with E-state index in [1.807, 2.05) is 0 Å². The van der Waals surface area contributed by atoms with E-state index in [0.29, 0.717) is 5.56 Å². The molecule has 0 fully saturated rings. The Morgan fingerprint density at radius 2 is 2.19 bits per heavy atom. The third kappa shape index (κ3) is 3.66. The van der Waals surface area contributed by atoms with Gasteiger partial charge in [-0.05, 0) is 23.8 Å². The second-order valence-corrected chi connectivity index (χ2v) is 5.63. The van der Waals surface area contributed by atoms with Crippen molar-refractivity contribution in [1.82, 2.24) is 10.2 Å². The third-order valence-corrected chi connectivity index (χ3v) is 3.77. The van der Waals surface area contributed by atoms with E-state index in [1.165, 1.54) is 18.2 Å². The van der Waals surface area contributed by atoms with Gasteiger partial charge < -0.3 is 5.11 Å². The summed E-state index contributed by atoms with van der Waals surface area (Å²) in [7, 11) is -3.93. The fourth-order valence-electron chi connectivity index (χ4n) is 1.47. The van der Waals surface area contributed by atoms with Crippen molar-refractivity contribution >= 4 is 27.8 Å². The smallest absolute Gasteiger partial charge is 0.328 e. The Balaban J connectivity index is 2.24. The molecule has 2 aromatic rings. The average molecular weight is 311 g/mol. The molecule has 7 nitrogen and oxygen atoms in total. The zero-order chi connectivity index (χ0) is 15.5. The molecule has 0 saturated carbocycles. The van der Waals surface area contributed by atoms with Gasteiger partial charge >= 0.3 is 5.97 Å². The van der Waals surface area contributed by atoms with Gasteiger partial charge in [0.2, 0.25) is 0 Å². The van der Waals surface area contributed by atoms with Crippen LogP contribution in [0.5, 0.6) is 0 Å². The Morgan fingerprint density at radius 3 is 2.76 bits per heavy atom. The van der Waals surface area contributed by atoms with E-state index in [9.17, 15) is 17.6 Å². The number of hydrogen-bond donors (Lipinski definition) is 3. The Bertz CT molecular complexity index is 785. The van der Waals surface area contributed by atoms with Crippen molar-refractivity contribution in [3.8, 4) is 0 Å². The maximum Gasteiger partial charge on any atom is 0.328 e. The molecule has 0 spiro atoms. The SMILES string of the molecule is O=C(O)C=Cc1ccc(NS(=O)(=O)c2cn[nH]c2)c(F)c1. The fraction of sp³-hybridized carbons (Fsp3) is 0. The van der Waals surface area contributed by atoms with E-state index in [1.54, 1.807) is 0 Å². The maximum absolute atomic E-state index is 13.8. The molecule has 21 heavy (non-hydrogen) atoms. The van der Waals surface area contributed by atoms with Gasteiger partial charge in [-0.15, -0.1) is 0 Å². The molecular formula is C12H10FN3O4S. The van der Waals surface area contributed by atoms with Gasteiger partial charge in [-0.25, -0.2) is 17.6 Å². The average Bonchev–Trinajstić information content (AvgIpc) is 2.94. The number of carboxylic acid groups (broad SMARTS) is 1. The van der Waals surface area contributed by atoms with Gasteiger partial charge in [-0.1, -0.05) is 6.07 Å². The van der Waals surface area contributed by atoms with Gasteiger partial charge in [0.15, 0.2) is 0 Å². The van der Waals surface area contributed by atoms with Gasteiger partial charge in [0, 0.05) is 12.3 Å². The van der Waals surface area contributed by atoms with Gasteiger partial charge in [-0.3, -0.25) is 9.82 Å². The van der Waals surface area contributed by atoms with E-state index in [0.717, 1.165) is 24.5 Å². The van der Waals surface area contributed by atoms with Crippen LogP contribution in [0.2, 0.25) is 0 Å². The van der Waals surface area contributed by atoms with Crippen molar-refractivity contribution in [3.63, 3.8) is 0 Å². The topological polar surface area (TPSA) is 112 Å². The number of nitrogens with one attached hydrogen (secondary N) is 2. The Kier molecular flexibility index (Phi) is 4.03. The van der Waals surface area contributed by atoms with Crippen LogP contribution in [0.3, 0.4) is 0 Å². The first-order valence-electron chi connectivity index (χ1n) is 5.60. The highest BCUT2D eigenvalue weighted by atomic mass is 32.2. The number of sulfonamides is 1. The lowest BCUT2D eigenvalue weighted by Gasteiger charge is -2.07. The van der Waals surface area contributed by atoms with Crippen molar-refractivity contribution in [1.29, 1.82) is 0 Å². The molecule has 1 heterocycles. The van der Waals surface area contributed by atoms with Crippen LogP contribution in [-0.4, -0.2) is 29.7 Å². The lowest BCUT2D eigenvalue weighted by molar-refractivity contribution is -0.131. The van der Waals surface area contributed by atoms with Crippen molar-refractivity contribution in [2.24, 2.45) is 0 Å². The number of carbonyl (C=O) groups is 1. The normalized spacial score (nSPS) is 11.7. The van der Waals surface area contributed by atoms with Crippen LogP contribution in [0, 0.1) is 5.82 Å². The van der Waals surface area contributed by atoms with Crippen LogP contribution in [0.15, 0.2) is 41.6 Å². The highest BCUT2D eigenvalue weighted by Gasteiger charge is 2.17. The summed E-state index contributed by atoms with van der Waals surface area (Å²) in [6, 6.07) is 3.61. The Morgan fingerprint density at radius 1 is 1.43 bits per heavy atom. The molecule has 0 bridgehead atoms. The van der Waals surface area contributed by atoms with Gasteiger partial charge in [0.1, 0.15) is 10.7 Å².